The van der Waals surface area contributed by atoms with Crippen LogP contribution in [0.2, 0.25) is 0 Å². The number of nitrogens with zero attached hydrogens (tertiary/aromatic N) is 1. The molecule has 0 aliphatic carbocycles. The summed E-state index contributed by atoms with van der Waals surface area (Å²) >= 11 is 0. The van der Waals surface area contributed by atoms with E-state index >= 15 is 0 Å². The number of furan rings is 1. The zero-order valence-electron chi connectivity index (χ0n) is 6.07. The molecule has 0 saturated heterocycles. The first-order valence-corrected chi connectivity index (χ1v) is 2.95. The van der Waals surface area contributed by atoms with Crippen LogP contribution >= 0.6 is 12.4 Å². The van der Waals surface area contributed by atoms with Crippen LogP contribution in [-0.2, 0) is 0 Å². The molecule has 0 fully saturated rings. The Balaban J connectivity index is 0.000001000. The van der Waals surface area contributed by atoms with Crippen molar-refractivity contribution in [2.75, 3.05) is 0 Å². The Morgan fingerprint density at radius 1 is 1.64 bits per heavy atom. The maximum atomic E-state index is 8.36. The summed E-state index contributed by atoms with van der Waals surface area (Å²) in [6.45, 7) is 1.81. The lowest BCUT2D eigenvalue weighted by atomic mass is 10.3. The Bertz CT molecular complexity index is 264. The molecule has 1 aromatic heterocycles. The van der Waals surface area contributed by atoms with Crippen LogP contribution in [0, 0.1) is 18.3 Å². The van der Waals surface area contributed by atoms with Crippen LogP contribution in [0.15, 0.2) is 16.5 Å². The second kappa shape index (κ2) is 4.02. The number of nitriles is 1. The van der Waals surface area contributed by atoms with Gasteiger partial charge in [-0.1, -0.05) is 0 Å². The predicted octanol–water partition coefficient (Wildman–Crippen LogP) is 1.53. The lowest BCUT2D eigenvalue weighted by Gasteiger charge is -1.93. The highest BCUT2D eigenvalue weighted by atomic mass is 35.5. The maximum absolute atomic E-state index is 8.36. The van der Waals surface area contributed by atoms with Crippen molar-refractivity contribution in [1.29, 1.82) is 5.26 Å². The second-order valence-corrected chi connectivity index (χ2v) is 2.06. The van der Waals surface area contributed by atoms with Gasteiger partial charge in [0.05, 0.1) is 6.07 Å². The summed E-state index contributed by atoms with van der Waals surface area (Å²) in [6, 6.07) is 4.74. The fraction of sp³-hybridized carbons (Fsp3) is 0.286. The van der Waals surface area contributed by atoms with Crippen LogP contribution in [0.1, 0.15) is 17.6 Å². The number of rotatable bonds is 1. The van der Waals surface area contributed by atoms with Crippen LogP contribution in [0.4, 0.5) is 0 Å². The molecule has 2 N–H and O–H groups in total. The standard InChI is InChI=1S/C7H8N2O.ClH/c1-5-2-3-7(10-5)6(9)4-8;/h2-3,6H,9H2,1H3;1H. The zero-order valence-corrected chi connectivity index (χ0v) is 6.89. The van der Waals surface area contributed by atoms with Gasteiger partial charge in [0.15, 0.2) is 6.04 Å². The first kappa shape index (κ1) is 10.0. The van der Waals surface area contributed by atoms with E-state index in [1.54, 1.807) is 12.1 Å². The Kier molecular flexibility index (Phi) is 3.66. The Morgan fingerprint density at radius 2 is 2.27 bits per heavy atom. The van der Waals surface area contributed by atoms with E-state index in [1.165, 1.54) is 0 Å². The molecule has 4 heteroatoms. The summed E-state index contributed by atoms with van der Waals surface area (Å²) in [4.78, 5) is 0. The molecule has 0 bridgehead atoms. The summed E-state index contributed by atoms with van der Waals surface area (Å²) in [6.07, 6.45) is 0. The summed E-state index contributed by atoms with van der Waals surface area (Å²) in [5.41, 5.74) is 5.35. The Morgan fingerprint density at radius 3 is 2.64 bits per heavy atom. The molecule has 0 aromatic carbocycles. The van der Waals surface area contributed by atoms with Crippen molar-refractivity contribution in [3.8, 4) is 6.07 Å². The fourth-order valence-electron chi connectivity index (χ4n) is 0.684. The van der Waals surface area contributed by atoms with Gasteiger partial charge >= 0.3 is 0 Å². The van der Waals surface area contributed by atoms with Gasteiger partial charge in [0, 0.05) is 0 Å². The third-order valence-electron chi connectivity index (χ3n) is 1.21. The van der Waals surface area contributed by atoms with Crippen molar-refractivity contribution in [1.82, 2.24) is 0 Å². The Hall–Kier alpha value is -0.980. The van der Waals surface area contributed by atoms with Crippen molar-refractivity contribution in [2.24, 2.45) is 5.73 Å². The second-order valence-electron chi connectivity index (χ2n) is 2.06. The van der Waals surface area contributed by atoms with Gasteiger partial charge in [-0.05, 0) is 19.1 Å². The van der Waals surface area contributed by atoms with E-state index in [0.717, 1.165) is 5.76 Å². The monoisotopic (exact) mass is 172 g/mol. The molecule has 0 spiro atoms. The van der Waals surface area contributed by atoms with E-state index in [9.17, 15) is 0 Å². The van der Waals surface area contributed by atoms with Crippen molar-refractivity contribution in [3.63, 3.8) is 0 Å². The van der Waals surface area contributed by atoms with E-state index in [2.05, 4.69) is 0 Å². The fourth-order valence-corrected chi connectivity index (χ4v) is 0.684. The van der Waals surface area contributed by atoms with E-state index in [0.29, 0.717) is 5.76 Å². The largest absolute Gasteiger partial charge is 0.464 e. The van der Waals surface area contributed by atoms with Gasteiger partial charge in [-0.3, -0.25) is 0 Å². The number of aryl methyl sites for hydroxylation is 1. The van der Waals surface area contributed by atoms with Gasteiger partial charge in [-0.15, -0.1) is 12.4 Å². The number of hydrogen-bond acceptors (Lipinski definition) is 3. The van der Waals surface area contributed by atoms with Crippen molar-refractivity contribution >= 4 is 12.4 Å². The topological polar surface area (TPSA) is 63.0 Å². The van der Waals surface area contributed by atoms with Crippen LogP contribution in [0.25, 0.3) is 0 Å². The highest BCUT2D eigenvalue weighted by Crippen LogP contribution is 2.12. The summed E-state index contributed by atoms with van der Waals surface area (Å²) in [5.74, 6) is 1.31. The molecule has 1 rings (SSSR count). The van der Waals surface area contributed by atoms with Gasteiger partial charge in [0.2, 0.25) is 0 Å². The van der Waals surface area contributed by atoms with Crippen LogP contribution in [0.5, 0.6) is 0 Å². The first-order chi connectivity index (χ1) is 4.74. The molecule has 60 valence electrons. The molecule has 0 aliphatic rings. The number of nitrogens with two attached hydrogens (primary N) is 1. The van der Waals surface area contributed by atoms with Crippen LogP contribution in [-0.4, -0.2) is 0 Å². The SMILES string of the molecule is Cc1ccc(C(N)C#N)o1.Cl. The van der Waals surface area contributed by atoms with Crippen molar-refractivity contribution in [2.45, 2.75) is 13.0 Å². The van der Waals surface area contributed by atoms with Gasteiger partial charge in [-0.25, -0.2) is 0 Å². The molecular weight excluding hydrogens is 164 g/mol. The normalized spacial score (nSPS) is 11.4. The average molecular weight is 173 g/mol. The molecule has 3 nitrogen and oxygen atoms in total. The van der Waals surface area contributed by atoms with Crippen LogP contribution < -0.4 is 5.73 Å². The zero-order chi connectivity index (χ0) is 7.56. The molecule has 0 amide bonds. The van der Waals surface area contributed by atoms with E-state index in [1.807, 2.05) is 13.0 Å². The van der Waals surface area contributed by atoms with Gasteiger partial charge in [0.25, 0.3) is 0 Å². The quantitative estimate of drug-likeness (QED) is 0.699. The molecule has 0 saturated carbocycles. The summed E-state index contributed by atoms with van der Waals surface area (Å²) in [5, 5.41) is 8.36. The predicted molar refractivity (Wildman–Crippen MR) is 43.2 cm³/mol. The molecule has 1 aromatic rings. The summed E-state index contributed by atoms with van der Waals surface area (Å²) < 4.78 is 5.09. The summed E-state index contributed by atoms with van der Waals surface area (Å²) in [7, 11) is 0. The minimum absolute atomic E-state index is 0. The van der Waals surface area contributed by atoms with E-state index in [-0.39, 0.29) is 12.4 Å². The highest BCUT2D eigenvalue weighted by molar-refractivity contribution is 5.85. The molecule has 11 heavy (non-hydrogen) atoms. The number of halogens is 1. The molecule has 0 aliphatic heterocycles. The van der Waals surface area contributed by atoms with Crippen molar-refractivity contribution in [3.05, 3.63) is 23.7 Å². The Labute approximate surface area is 71.2 Å². The van der Waals surface area contributed by atoms with Crippen LogP contribution in [0.3, 0.4) is 0 Å². The van der Waals surface area contributed by atoms with Gasteiger partial charge in [-0.2, -0.15) is 5.26 Å². The first-order valence-electron chi connectivity index (χ1n) is 2.95. The third-order valence-corrected chi connectivity index (χ3v) is 1.21. The highest BCUT2D eigenvalue weighted by Gasteiger charge is 2.06. The third kappa shape index (κ3) is 2.26. The van der Waals surface area contributed by atoms with E-state index < -0.39 is 6.04 Å². The lowest BCUT2D eigenvalue weighted by Crippen LogP contribution is -2.05. The average Bonchev–Trinajstić information content (AvgIpc) is 2.34. The van der Waals surface area contributed by atoms with Gasteiger partial charge < -0.3 is 10.2 Å². The number of hydrogen-bond donors (Lipinski definition) is 1. The molecule has 1 unspecified atom stereocenters. The van der Waals surface area contributed by atoms with Gasteiger partial charge in [0.1, 0.15) is 11.5 Å². The molecule has 1 atom stereocenters. The van der Waals surface area contributed by atoms with E-state index in [4.69, 9.17) is 15.4 Å². The van der Waals surface area contributed by atoms with Crippen molar-refractivity contribution < 1.29 is 4.42 Å². The molecule has 1 heterocycles. The lowest BCUT2D eigenvalue weighted by molar-refractivity contribution is 0.472. The molecular formula is C7H9ClN2O. The smallest absolute Gasteiger partial charge is 0.151 e. The molecule has 0 radical (unpaired) electrons. The minimum atomic E-state index is -0.631. The maximum Gasteiger partial charge on any atom is 0.151 e. The minimum Gasteiger partial charge on any atom is -0.464 e.